The molecule has 0 fully saturated rings. The van der Waals surface area contributed by atoms with Crippen LogP contribution in [0.2, 0.25) is 0 Å². The van der Waals surface area contributed by atoms with Gasteiger partial charge in [0.25, 0.3) is 0 Å². The Morgan fingerprint density at radius 1 is 2.14 bits per heavy atom. The second kappa shape index (κ2) is 3.65. The summed E-state index contributed by atoms with van der Waals surface area (Å²) in [4.78, 5) is 10.1. The van der Waals surface area contributed by atoms with Crippen molar-refractivity contribution in [3.05, 3.63) is 0 Å². The van der Waals surface area contributed by atoms with Crippen LogP contribution < -0.4 is 0 Å². The Bertz CT molecular complexity index is 140. The van der Waals surface area contributed by atoms with Gasteiger partial charge in [-0.15, -0.1) is 0 Å². The molecule has 0 aliphatic rings. The lowest BCUT2D eigenvalue weighted by molar-refractivity contribution is -0.137. The predicted molar refractivity (Wildman–Crippen MR) is 27.2 cm³/mol. The molecule has 0 aliphatic carbocycles. The van der Waals surface area contributed by atoms with Crippen LogP contribution >= 0.6 is 0 Å². The maximum absolute atomic E-state index is 10.1. The minimum atomic E-state index is -1.61. The molecule has 0 bridgehead atoms. The monoisotopic (exact) mass is 106 g/mol. The van der Waals surface area contributed by atoms with Gasteiger partial charge < -0.3 is 5.11 Å². The van der Waals surface area contributed by atoms with Crippen LogP contribution in [0, 0.1) is 0 Å². The van der Waals surface area contributed by atoms with E-state index in [1.54, 1.807) is 0 Å². The molecule has 0 aromatic heterocycles. The van der Waals surface area contributed by atoms with Crippen LogP contribution in [0.15, 0.2) is 0 Å². The SMILES string of the molecule is [2H]CC([2H])C([2H])C([2H])C(=O)O. The van der Waals surface area contributed by atoms with Gasteiger partial charge in [-0.25, -0.2) is 0 Å². The van der Waals surface area contributed by atoms with Crippen LogP contribution in [0.4, 0.5) is 0 Å². The lowest BCUT2D eigenvalue weighted by atomic mass is 10.3. The third kappa shape index (κ3) is 5.47. The number of aliphatic carboxylic acids is 1. The van der Waals surface area contributed by atoms with Crippen molar-refractivity contribution >= 4 is 5.97 Å². The van der Waals surface area contributed by atoms with Crippen molar-refractivity contribution in [2.45, 2.75) is 26.1 Å². The Kier molecular flexibility index (Phi) is 1.13. The van der Waals surface area contributed by atoms with Crippen molar-refractivity contribution in [1.82, 2.24) is 0 Å². The van der Waals surface area contributed by atoms with E-state index in [4.69, 9.17) is 10.6 Å². The summed E-state index contributed by atoms with van der Waals surface area (Å²) in [5, 5.41) is 8.24. The van der Waals surface area contributed by atoms with E-state index < -0.39 is 25.2 Å². The van der Waals surface area contributed by atoms with Crippen molar-refractivity contribution in [3.8, 4) is 0 Å². The molecule has 42 valence electrons. The van der Waals surface area contributed by atoms with Gasteiger partial charge in [0.05, 0.1) is 0 Å². The van der Waals surface area contributed by atoms with E-state index >= 15 is 0 Å². The van der Waals surface area contributed by atoms with Gasteiger partial charge in [-0.1, -0.05) is 13.3 Å². The highest BCUT2D eigenvalue weighted by atomic mass is 16.4. The van der Waals surface area contributed by atoms with Gasteiger partial charge in [-0.05, 0) is 6.40 Å². The maximum atomic E-state index is 10.1. The minimum Gasteiger partial charge on any atom is -0.481 e. The maximum Gasteiger partial charge on any atom is 0.303 e. The first-order valence-corrected chi connectivity index (χ1v) is 1.79. The van der Waals surface area contributed by atoms with Crippen LogP contribution in [0.1, 0.15) is 31.6 Å². The number of carboxylic acids is 1. The molecule has 0 aromatic carbocycles. The van der Waals surface area contributed by atoms with Gasteiger partial charge in [-0.2, -0.15) is 0 Å². The van der Waals surface area contributed by atoms with Gasteiger partial charge in [0, 0.05) is 11.9 Å². The molecule has 3 unspecified atom stereocenters. The Morgan fingerprint density at radius 3 is 3.29 bits per heavy atom. The number of carboxylic acid groups (broad SMARTS) is 1. The fourth-order valence-corrected chi connectivity index (χ4v) is 0.150. The van der Waals surface area contributed by atoms with Crippen molar-refractivity contribution < 1.29 is 15.4 Å². The fourth-order valence-electron chi connectivity index (χ4n) is 0.150. The molecule has 2 heteroatoms. The number of rotatable bonds is 3. The summed E-state index contributed by atoms with van der Waals surface area (Å²) in [5.74, 6) is -1.41. The highest BCUT2D eigenvalue weighted by Crippen LogP contribution is 1.91. The molecule has 2 nitrogen and oxygen atoms in total. The van der Waals surface area contributed by atoms with E-state index in [0.717, 1.165) is 0 Å². The molecule has 0 radical (unpaired) electrons. The van der Waals surface area contributed by atoms with Crippen LogP contribution in [0.5, 0.6) is 0 Å². The van der Waals surface area contributed by atoms with Crippen molar-refractivity contribution in [1.29, 1.82) is 0 Å². The van der Waals surface area contributed by atoms with E-state index in [9.17, 15) is 4.79 Å². The first-order chi connectivity index (χ1) is 5.00. The number of hydrogen-bond acceptors (Lipinski definition) is 1. The van der Waals surface area contributed by atoms with Gasteiger partial charge in [-0.3, -0.25) is 4.79 Å². The fraction of sp³-hybridized carbons (Fsp3) is 0.800. The highest BCUT2D eigenvalue weighted by Gasteiger charge is 1.90. The zero-order valence-electron chi connectivity index (χ0n) is 7.79. The average Bonchev–Trinajstić information content (AvgIpc) is 2.00. The average molecular weight is 106 g/mol. The standard InChI is InChI=1S/C5H10O2/c1-2-3-4-5(6)7/h2-4H2,1H3,(H,6,7)/i1D,2D,3D,4D. The van der Waals surface area contributed by atoms with E-state index in [0.29, 0.717) is 0 Å². The summed E-state index contributed by atoms with van der Waals surface area (Å²) in [7, 11) is 0. The third-order valence-electron chi connectivity index (χ3n) is 0.375. The van der Waals surface area contributed by atoms with Gasteiger partial charge in [0.2, 0.25) is 0 Å². The summed E-state index contributed by atoms with van der Waals surface area (Å²) >= 11 is 0. The van der Waals surface area contributed by atoms with Crippen molar-refractivity contribution in [3.63, 3.8) is 0 Å². The topological polar surface area (TPSA) is 37.3 Å². The quantitative estimate of drug-likeness (QED) is 0.588. The lowest BCUT2D eigenvalue weighted by Crippen LogP contribution is -1.91. The molecule has 7 heavy (non-hydrogen) atoms. The van der Waals surface area contributed by atoms with Gasteiger partial charge in [0.1, 0.15) is 0 Å². The molecule has 0 saturated heterocycles. The van der Waals surface area contributed by atoms with Crippen molar-refractivity contribution in [2.24, 2.45) is 0 Å². The Balaban J connectivity index is 4.00. The van der Waals surface area contributed by atoms with Gasteiger partial charge >= 0.3 is 5.97 Å². The van der Waals surface area contributed by atoms with Gasteiger partial charge in [0.15, 0.2) is 0 Å². The first kappa shape index (κ1) is 2.16. The first-order valence-electron chi connectivity index (χ1n) is 4.23. The van der Waals surface area contributed by atoms with E-state index in [2.05, 4.69) is 0 Å². The summed E-state index contributed by atoms with van der Waals surface area (Å²) in [5.41, 5.74) is 0. The van der Waals surface area contributed by atoms with Crippen LogP contribution in [-0.4, -0.2) is 11.1 Å². The Labute approximate surface area is 48.8 Å². The molecule has 0 spiro atoms. The molecular weight excluding hydrogens is 92.1 g/mol. The molecule has 0 saturated carbocycles. The summed E-state index contributed by atoms with van der Waals surface area (Å²) in [6.45, 7) is -0.336. The van der Waals surface area contributed by atoms with Crippen molar-refractivity contribution in [2.75, 3.05) is 0 Å². The largest absolute Gasteiger partial charge is 0.481 e. The lowest BCUT2D eigenvalue weighted by Gasteiger charge is -1.85. The zero-order chi connectivity index (χ0) is 9.02. The van der Waals surface area contributed by atoms with Crippen LogP contribution in [-0.2, 0) is 4.79 Å². The Morgan fingerprint density at radius 2 is 2.86 bits per heavy atom. The number of carbonyl (C=O) groups is 1. The van der Waals surface area contributed by atoms with E-state index in [-0.39, 0.29) is 6.90 Å². The summed E-state index contributed by atoms with van der Waals surface area (Å²) in [6.07, 6.45) is -4.04. The molecule has 0 rings (SSSR count). The van der Waals surface area contributed by atoms with E-state index in [1.807, 2.05) is 0 Å². The minimum absolute atomic E-state index is 0.336. The second-order valence-electron chi connectivity index (χ2n) is 0.933. The number of hydrogen-bond donors (Lipinski definition) is 1. The predicted octanol–water partition coefficient (Wildman–Crippen LogP) is 1.26. The molecule has 0 aliphatic heterocycles. The third-order valence-corrected chi connectivity index (χ3v) is 0.375. The second-order valence-corrected chi connectivity index (χ2v) is 0.933. The normalized spacial score (nSPS) is 30.3. The molecule has 1 N–H and O–H groups in total. The van der Waals surface area contributed by atoms with E-state index in [1.165, 1.54) is 0 Å². The molecule has 0 amide bonds. The summed E-state index contributed by atoms with van der Waals surface area (Å²) in [6, 6.07) is 0. The summed E-state index contributed by atoms with van der Waals surface area (Å²) < 4.78 is 27.6. The Hall–Kier alpha value is -0.530. The molecule has 0 aromatic rings. The van der Waals surface area contributed by atoms with Crippen LogP contribution in [0.3, 0.4) is 0 Å². The zero-order valence-corrected chi connectivity index (χ0v) is 3.79. The highest BCUT2D eigenvalue weighted by molar-refractivity contribution is 5.66. The molecule has 3 atom stereocenters. The smallest absolute Gasteiger partial charge is 0.303 e. The van der Waals surface area contributed by atoms with Crippen LogP contribution in [0.25, 0.3) is 0 Å². The molecular formula is C5H10O2. The molecule has 0 heterocycles.